The van der Waals surface area contributed by atoms with Crippen molar-refractivity contribution in [3.05, 3.63) is 35.4 Å². The second-order valence-electron chi connectivity index (χ2n) is 4.91. The topological polar surface area (TPSA) is 85.7 Å². The van der Waals surface area contributed by atoms with Gasteiger partial charge in [0.15, 0.2) is 0 Å². The van der Waals surface area contributed by atoms with Gasteiger partial charge in [0.05, 0.1) is 11.8 Å². The lowest BCUT2D eigenvalue weighted by Crippen LogP contribution is -3.00. The van der Waals surface area contributed by atoms with Crippen molar-refractivity contribution in [2.75, 3.05) is 6.54 Å². The molecule has 1 heterocycles. The molecule has 0 spiro atoms. The number of benzene rings is 1. The number of primary amides is 1. The Morgan fingerprint density at radius 2 is 2.05 bits per heavy atom. The van der Waals surface area contributed by atoms with Crippen molar-refractivity contribution in [3.8, 4) is 0 Å². The summed E-state index contributed by atoms with van der Waals surface area (Å²) < 4.78 is 0. The highest BCUT2D eigenvalue weighted by Crippen LogP contribution is 2.22. The number of quaternary nitrogens is 1. The zero-order valence-electron chi connectivity index (χ0n) is 10.6. The van der Waals surface area contributed by atoms with Crippen LogP contribution >= 0.6 is 12.6 Å². The lowest BCUT2D eigenvalue weighted by molar-refractivity contribution is -0.675. The summed E-state index contributed by atoms with van der Waals surface area (Å²) >= 11 is 4.49. The molecule has 1 unspecified atom stereocenters. The van der Waals surface area contributed by atoms with Crippen molar-refractivity contribution in [1.82, 2.24) is 0 Å². The third kappa shape index (κ3) is 4.38. The molecule has 4 nitrogen and oxygen atoms in total. The second-order valence-corrected chi connectivity index (χ2v) is 5.64. The van der Waals surface area contributed by atoms with Crippen LogP contribution < -0.4 is 29.2 Å². The van der Waals surface area contributed by atoms with E-state index in [2.05, 4.69) is 30.1 Å². The van der Waals surface area contributed by atoms with E-state index in [9.17, 15) is 4.79 Å². The number of thiol groups is 1. The first-order chi connectivity index (χ1) is 8.56. The van der Waals surface area contributed by atoms with E-state index < -0.39 is 0 Å². The van der Waals surface area contributed by atoms with E-state index in [-0.39, 0.29) is 30.8 Å². The maximum atomic E-state index is 10.8. The normalized spacial score (nSPS) is 23.7. The van der Waals surface area contributed by atoms with Crippen LogP contribution in [0.5, 0.6) is 0 Å². The Kier molecular flexibility index (Phi) is 6.13. The standard InChI is InChI=1S/C13H19N3OS.ClH/c14-11(6-13(15)17)8-1-3-9(4-2-8)12-5-10(18)7-16-12;/h1-4,10-12,16,18H,5-7,14H2,(H2,15,17);1H/t10-,11?,12+;/m0./s1. The number of halogens is 1. The number of hydrogen-bond acceptors (Lipinski definition) is 3. The Balaban J connectivity index is 0.00000180. The Hall–Kier alpha value is -0.750. The van der Waals surface area contributed by atoms with Crippen LogP contribution in [0.4, 0.5) is 0 Å². The molecule has 0 radical (unpaired) electrons. The minimum absolute atomic E-state index is 0. The van der Waals surface area contributed by atoms with Crippen molar-refractivity contribution in [2.24, 2.45) is 11.5 Å². The summed E-state index contributed by atoms with van der Waals surface area (Å²) in [6, 6.07) is 8.34. The van der Waals surface area contributed by atoms with Gasteiger partial charge >= 0.3 is 0 Å². The summed E-state index contributed by atoms with van der Waals surface area (Å²) in [6.45, 7) is 1.07. The Bertz CT molecular complexity index is 426. The summed E-state index contributed by atoms with van der Waals surface area (Å²) in [5.41, 5.74) is 13.3. The first-order valence-corrected chi connectivity index (χ1v) is 6.73. The molecule has 1 aromatic carbocycles. The van der Waals surface area contributed by atoms with Gasteiger partial charge in [0.25, 0.3) is 0 Å². The van der Waals surface area contributed by atoms with E-state index in [4.69, 9.17) is 11.5 Å². The molecule has 0 bridgehead atoms. The van der Waals surface area contributed by atoms with Crippen LogP contribution in [-0.4, -0.2) is 17.7 Å². The highest BCUT2D eigenvalue weighted by Gasteiger charge is 2.26. The molecule has 2 rings (SSSR count). The van der Waals surface area contributed by atoms with Gasteiger partial charge in [0, 0.05) is 24.4 Å². The predicted octanol–water partition coefficient (Wildman–Crippen LogP) is -3.13. The zero-order valence-corrected chi connectivity index (χ0v) is 12.3. The molecule has 0 saturated carbocycles. The molecule has 0 aliphatic carbocycles. The molecule has 106 valence electrons. The van der Waals surface area contributed by atoms with Crippen LogP contribution in [-0.2, 0) is 4.79 Å². The minimum Gasteiger partial charge on any atom is -1.00 e. The molecule has 1 aliphatic rings. The van der Waals surface area contributed by atoms with Gasteiger partial charge in [-0.15, -0.1) is 0 Å². The monoisotopic (exact) mass is 301 g/mol. The Morgan fingerprint density at radius 1 is 1.42 bits per heavy atom. The van der Waals surface area contributed by atoms with Gasteiger partial charge in [-0.1, -0.05) is 24.3 Å². The molecular weight excluding hydrogens is 282 g/mol. The van der Waals surface area contributed by atoms with Crippen LogP contribution in [0.15, 0.2) is 24.3 Å². The van der Waals surface area contributed by atoms with Crippen molar-refractivity contribution in [1.29, 1.82) is 0 Å². The Labute approximate surface area is 125 Å². The second kappa shape index (κ2) is 7.14. The molecule has 3 atom stereocenters. The van der Waals surface area contributed by atoms with Crippen molar-refractivity contribution < 1.29 is 22.5 Å². The fraction of sp³-hybridized carbons (Fsp3) is 0.462. The number of rotatable bonds is 4. The first kappa shape index (κ1) is 16.3. The van der Waals surface area contributed by atoms with Crippen LogP contribution in [0.25, 0.3) is 0 Å². The SMILES string of the molecule is NC(=O)CC(N)c1ccc([C@H]2C[C@H](S)C[NH2+]2)cc1.[Cl-]. The lowest BCUT2D eigenvalue weighted by atomic mass is 9.99. The van der Waals surface area contributed by atoms with Gasteiger partial charge in [-0.05, 0) is 5.56 Å². The minimum atomic E-state index is -0.367. The fourth-order valence-electron chi connectivity index (χ4n) is 2.40. The number of nitrogens with two attached hydrogens (primary N) is 3. The van der Waals surface area contributed by atoms with E-state index in [0.29, 0.717) is 11.3 Å². The van der Waals surface area contributed by atoms with E-state index in [1.165, 1.54) is 5.56 Å². The van der Waals surface area contributed by atoms with Gasteiger partial charge in [-0.3, -0.25) is 4.79 Å². The van der Waals surface area contributed by atoms with Crippen LogP contribution in [0.1, 0.15) is 36.1 Å². The average molecular weight is 302 g/mol. The van der Waals surface area contributed by atoms with Crippen LogP contribution in [0, 0.1) is 0 Å². The quantitative estimate of drug-likeness (QED) is 0.444. The molecule has 1 aromatic rings. The molecule has 1 fully saturated rings. The van der Waals surface area contributed by atoms with Crippen molar-refractivity contribution in [2.45, 2.75) is 30.2 Å². The van der Waals surface area contributed by atoms with Gasteiger partial charge in [-0.25, -0.2) is 0 Å². The third-order valence-corrected chi connectivity index (χ3v) is 3.85. The number of hydrogen-bond donors (Lipinski definition) is 4. The average Bonchev–Trinajstić information content (AvgIpc) is 2.75. The number of carbonyl (C=O) groups excluding carboxylic acids is 1. The maximum absolute atomic E-state index is 10.8. The summed E-state index contributed by atoms with van der Waals surface area (Å²) in [7, 11) is 0. The van der Waals surface area contributed by atoms with Crippen LogP contribution in [0.3, 0.4) is 0 Å². The highest BCUT2D eigenvalue weighted by molar-refractivity contribution is 7.81. The molecule has 6 N–H and O–H groups in total. The fourth-order valence-corrected chi connectivity index (χ4v) is 2.75. The lowest BCUT2D eigenvalue weighted by Gasteiger charge is -2.12. The maximum Gasteiger partial charge on any atom is 0.219 e. The first-order valence-electron chi connectivity index (χ1n) is 6.21. The molecule has 6 heteroatoms. The third-order valence-electron chi connectivity index (χ3n) is 3.43. The largest absolute Gasteiger partial charge is 1.00 e. The van der Waals surface area contributed by atoms with E-state index >= 15 is 0 Å². The van der Waals surface area contributed by atoms with Crippen molar-refractivity contribution >= 4 is 18.5 Å². The van der Waals surface area contributed by atoms with Gasteiger partial charge in [-0.2, -0.15) is 12.6 Å². The van der Waals surface area contributed by atoms with E-state index in [1.54, 1.807) is 0 Å². The van der Waals surface area contributed by atoms with E-state index in [0.717, 1.165) is 18.5 Å². The molecule has 1 aliphatic heterocycles. The molecule has 1 amide bonds. The predicted molar refractivity (Wildman–Crippen MR) is 74.1 cm³/mol. The summed E-state index contributed by atoms with van der Waals surface area (Å²) in [5, 5.41) is 2.79. The molecule has 1 saturated heterocycles. The smallest absolute Gasteiger partial charge is 0.219 e. The summed E-state index contributed by atoms with van der Waals surface area (Å²) in [6.07, 6.45) is 1.28. The van der Waals surface area contributed by atoms with Gasteiger partial charge in [0.2, 0.25) is 5.91 Å². The number of carbonyl (C=O) groups is 1. The van der Waals surface area contributed by atoms with Gasteiger partial charge < -0.3 is 29.2 Å². The highest BCUT2D eigenvalue weighted by atomic mass is 35.5. The molecule has 19 heavy (non-hydrogen) atoms. The van der Waals surface area contributed by atoms with Gasteiger partial charge in [0.1, 0.15) is 6.04 Å². The molecule has 0 aromatic heterocycles. The van der Waals surface area contributed by atoms with Crippen molar-refractivity contribution in [3.63, 3.8) is 0 Å². The Morgan fingerprint density at radius 3 is 2.53 bits per heavy atom. The van der Waals surface area contributed by atoms with Crippen LogP contribution in [0.2, 0.25) is 0 Å². The zero-order chi connectivity index (χ0) is 13.1. The number of amides is 1. The summed E-state index contributed by atoms with van der Waals surface area (Å²) in [4.78, 5) is 10.8. The summed E-state index contributed by atoms with van der Waals surface area (Å²) in [5.74, 6) is -0.367. The molecular formula is C13H20ClN3OS. The van der Waals surface area contributed by atoms with E-state index in [1.807, 2.05) is 12.1 Å².